The molecular formula is C21H24N2O3. The molecule has 0 radical (unpaired) electrons. The third-order valence-electron chi connectivity index (χ3n) is 4.57. The van der Waals surface area contributed by atoms with E-state index in [9.17, 15) is 9.59 Å². The van der Waals surface area contributed by atoms with Crippen LogP contribution in [0.4, 0.5) is 11.4 Å². The highest BCUT2D eigenvalue weighted by atomic mass is 16.5. The van der Waals surface area contributed by atoms with Crippen molar-refractivity contribution in [1.82, 2.24) is 0 Å². The predicted molar refractivity (Wildman–Crippen MR) is 102 cm³/mol. The van der Waals surface area contributed by atoms with Crippen molar-refractivity contribution in [1.29, 1.82) is 0 Å². The fraction of sp³-hybridized carbons (Fsp3) is 0.333. The molecule has 0 aliphatic carbocycles. The van der Waals surface area contributed by atoms with Gasteiger partial charge in [-0.3, -0.25) is 9.59 Å². The number of amides is 2. The standard InChI is InChI=1S/C21H24N2O3/c1-2-18(15-7-4-3-5-8-15)20(24)22-16-10-12-17(13-11-16)23-21(25)19-9-6-14-26-19/h3-5,7-8,10-13,18-19H,2,6,9,14H2,1H3,(H,22,24)(H,23,25). The largest absolute Gasteiger partial charge is 0.368 e. The van der Waals surface area contributed by atoms with E-state index in [2.05, 4.69) is 10.6 Å². The average molecular weight is 352 g/mol. The summed E-state index contributed by atoms with van der Waals surface area (Å²) in [5, 5.41) is 5.80. The second-order valence-electron chi connectivity index (χ2n) is 6.43. The van der Waals surface area contributed by atoms with Gasteiger partial charge < -0.3 is 15.4 Å². The third kappa shape index (κ3) is 4.49. The van der Waals surface area contributed by atoms with E-state index in [0.717, 1.165) is 24.8 Å². The van der Waals surface area contributed by atoms with Gasteiger partial charge in [-0.25, -0.2) is 0 Å². The van der Waals surface area contributed by atoms with E-state index in [1.54, 1.807) is 24.3 Å². The van der Waals surface area contributed by atoms with Gasteiger partial charge in [0.15, 0.2) is 0 Å². The van der Waals surface area contributed by atoms with E-state index >= 15 is 0 Å². The van der Waals surface area contributed by atoms with Crippen LogP contribution in [0.1, 0.15) is 37.7 Å². The summed E-state index contributed by atoms with van der Waals surface area (Å²) in [5.41, 5.74) is 2.41. The third-order valence-corrected chi connectivity index (χ3v) is 4.57. The predicted octanol–water partition coefficient (Wildman–Crippen LogP) is 3.94. The van der Waals surface area contributed by atoms with E-state index in [1.165, 1.54) is 0 Å². The summed E-state index contributed by atoms with van der Waals surface area (Å²) in [4.78, 5) is 24.6. The molecule has 2 N–H and O–H groups in total. The quantitative estimate of drug-likeness (QED) is 0.827. The van der Waals surface area contributed by atoms with Gasteiger partial charge in [-0.1, -0.05) is 37.3 Å². The van der Waals surface area contributed by atoms with Crippen molar-refractivity contribution in [3.63, 3.8) is 0 Å². The molecule has 3 rings (SSSR count). The van der Waals surface area contributed by atoms with Gasteiger partial charge >= 0.3 is 0 Å². The Balaban J connectivity index is 1.59. The van der Waals surface area contributed by atoms with Crippen molar-refractivity contribution in [3.8, 4) is 0 Å². The molecule has 2 aromatic carbocycles. The summed E-state index contributed by atoms with van der Waals surface area (Å²) in [5.74, 6) is -0.334. The first kappa shape index (κ1) is 18.1. The van der Waals surface area contributed by atoms with Gasteiger partial charge in [0.1, 0.15) is 6.10 Å². The van der Waals surface area contributed by atoms with Crippen LogP contribution in [0.5, 0.6) is 0 Å². The molecule has 0 aromatic heterocycles. The molecule has 1 fully saturated rings. The molecule has 1 aliphatic rings. The van der Waals surface area contributed by atoms with Crippen LogP contribution in [0.2, 0.25) is 0 Å². The SMILES string of the molecule is CCC(C(=O)Nc1ccc(NC(=O)C2CCCO2)cc1)c1ccccc1. The fourth-order valence-electron chi connectivity index (χ4n) is 3.13. The molecule has 0 bridgehead atoms. The Morgan fingerprint density at radius 2 is 1.69 bits per heavy atom. The zero-order valence-electron chi connectivity index (χ0n) is 14.9. The highest BCUT2D eigenvalue weighted by Crippen LogP contribution is 2.22. The van der Waals surface area contributed by atoms with Gasteiger partial charge in [-0.05, 0) is 49.1 Å². The number of carbonyl (C=O) groups is 2. The lowest BCUT2D eigenvalue weighted by atomic mass is 9.95. The van der Waals surface area contributed by atoms with Gasteiger partial charge in [0.2, 0.25) is 5.91 Å². The molecule has 2 atom stereocenters. The smallest absolute Gasteiger partial charge is 0.253 e. The van der Waals surface area contributed by atoms with Gasteiger partial charge in [0, 0.05) is 18.0 Å². The molecule has 1 aliphatic heterocycles. The number of nitrogens with one attached hydrogen (secondary N) is 2. The number of benzene rings is 2. The lowest BCUT2D eigenvalue weighted by molar-refractivity contribution is -0.124. The Labute approximate surface area is 153 Å². The van der Waals surface area contributed by atoms with Crippen molar-refractivity contribution < 1.29 is 14.3 Å². The first-order valence-electron chi connectivity index (χ1n) is 9.05. The molecule has 2 amide bonds. The van der Waals surface area contributed by atoms with E-state index in [-0.39, 0.29) is 23.8 Å². The van der Waals surface area contributed by atoms with Crippen LogP contribution < -0.4 is 10.6 Å². The zero-order valence-corrected chi connectivity index (χ0v) is 14.9. The van der Waals surface area contributed by atoms with Crippen molar-refractivity contribution in [3.05, 3.63) is 60.2 Å². The molecule has 2 unspecified atom stereocenters. The van der Waals surface area contributed by atoms with Crippen molar-refractivity contribution in [2.75, 3.05) is 17.2 Å². The maximum atomic E-state index is 12.6. The number of hydrogen-bond acceptors (Lipinski definition) is 3. The Kier molecular flexibility index (Phi) is 6.02. The minimum Gasteiger partial charge on any atom is -0.368 e. The van der Waals surface area contributed by atoms with Gasteiger partial charge in [0.05, 0.1) is 5.92 Å². The minimum atomic E-state index is -0.356. The molecule has 26 heavy (non-hydrogen) atoms. The van der Waals surface area contributed by atoms with Crippen LogP contribution in [-0.4, -0.2) is 24.5 Å². The van der Waals surface area contributed by atoms with Crippen LogP contribution in [0.25, 0.3) is 0 Å². The number of carbonyl (C=O) groups excluding carboxylic acids is 2. The van der Waals surface area contributed by atoms with Gasteiger partial charge in [-0.15, -0.1) is 0 Å². The second kappa shape index (κ2) is 8.63. The van der Waals surface area contributed by atoms with Crippen LogP contribution in [0, 0.1) is 0 Å². The molecule has 0 spiro atoms. The molecule has 0 saturated carbocycles. The van der Waals surface area contributed by atoms with E-state index in [0.29, 0.717) is 18.0 Å². The van der Waals surface area contributed by atoms with Crippen molar-refractivity contribution >= 4 is 23.2 Å². The van der Waals surface area contributed by atoms with Gasteiger partial charge in [-0.2, -0.15) is 0 Å². The molecule has 136 valence electrons. The first-order chi connectivity index (χ1) is 12.7. The lowest BCUT2D eigenvalue weighted by Crippen LogP contribution is -2.26. The van der Waals surface area contributed by atoms with Gasteiger partial charge in [0.25, 0.3) is 5.91 Å². The molecular weight excluding hydrogens is 328 g/mol. The normalized spacial score (nSPS) is 17.5. The Bertz CT molecular complexity index is 738. The fourth-order valence-corrected chi connectivity index (χ4v) is 3.13. The van der Waals surface area contributed by atoms with Crippen molar-refractivity contribution in [2.24, 2.45) is 0 Å². The summed E-state index contributed by atoms with van der Waals surface area (Å²) in [7, 11) is 0. The number of rotatable bonds is 6. The Morgan fingerprint density at radius 1 is 1.04 bits per heavy atom. The minimum absolute atomic E-state index is 0.0326. The van der Waals surface area contributed by atoms with Crippen LogP contribution >= 0.6 is 0 Å². The number of hydrogen-bond donors (Lipinski definition) is 2. The highest BCUT2D eigenvalue weighted by Gasteiger charge is 2.23. The summed E-state index contributed by atoms with van der Waals surface area (Å²) in [6.07, 6.45) is 2.05. The summed E-state index contributed by atoms with van der Waals surface area (Å²) in [6, 6.07) is 16.9. The molecule has 2 aromatic rings. The molecule has 5 nitrogen and oxygen atoms in total. The zero-order chi connectivity index (χ0) is 18.4. The maximum absolute atomic E-state index is 12.6. The van der Waals surface area contributed by atoms with E-state index in [1.807, 2.05) is 37.3 Å². The first-order valence-corrected chi connectivity index (χ1v) is 9.05. The summed E-state index contributed by atoms with van der Waals surface area (Å²) >= 11 is 0. The molecule has 1 heterocycles. The molecule has 1 saturated heterocycles. The summed E-state index contributed by atoms with van der Waals surface area (Å²) in [6.45, 7) is 2.64. The van der Waals surface area contributed by atoms with E-state index in [4.69, 9.17) is 4.74 Å². The topological polar surface area (TPSA) is 67.4 Å². The lowest BCUT2D eigenvalue weighted by Gasteiger charge is -2.16. The summed E-state index contributed by atoms with van der Waals surface area (Å²) < 4.78 is 5.37. The van der Waals surface area contributed by atoms with Crippen molar-refractivity contribution in [2.45, 2.75) is 38.2 Å². The second-order valence-corrected chi connectivity index (χ2v) is 6.43. The Morgan fingerprint density at radius 3 is 2.27 bits per heavy atom. The number of anilines is 2. The average Bonchev–Trinajstić information content (AvgIpc) is 3.20. The van der Waals surface area contributed by atoms with Crippen LogP contribution in [-0.2, 0) is 14.3 Å². The maximum Gasteiger partial charge on any atom is 0.253 e. The monoisotopic (exact) mass is 352 g/mol. The number of ether oxygens (including phenoxy) is 1. The van der Waals surface area contributed by atoms with Crippen LogP contribution in [0.15, 0.2) is 54.6 Å². The highest BCUT2D eigenvalue weighted by molar-refractivity contribution is 5.97. The van der Waals surface area contributed by atoms with Crippen LogP contribution in [0.3, 0.4) is 0 Å². The van der Waals surface area contributed by atoms with E-state index < -0.39 is 0 Å². The molecule has 5 heteroatoms. The Hall–Kier alpha value is -2.66.